The standard InChI is InChI=1S/C16H23NO/c18-11-5-7-14-13-6-4-10-2-1-3-12(10)15(13)9-17-16(14)8-11/h1-2,10,12-17H,3-9H2. The van der Waals surface area contributed by atoms with Crippen molar-refractivity contribution in [1.82, 2.24) is 5.32 Å². The lowest BCUT2D eigenvalue weighted by atomic mass is 9.58. The highest BCUT2D eigenvalue weighted by Gasteiger charge is 2.48. The maximum absolute atomic E-state index is 11.6. The van der Waals surface area contributed by atoms with Gasteiger partial charge in [-0.3, -0.25) is 4.79 Å². The molecule has 3 aliphatic carbocycles. The topological polar surface area (TPSA) is 29.1 Å². The van der Waals surface area contributed by atoms with Crippen LogP contribution in [0, 0.1) is 29.6 Å². The average Bonchev–Trinajstić information content (AvgIpc) is 2.86. The highest BCUT2D eigenvalue weighted by Crippen LogP contribution is 2.51. The van der Waals surface area contributed by atoms with Gasteiger partial charge in [-0.25, -0.2) is 0 Å². The normalized spacial score (nSPS) is 50.6. The molecule has 6 unspecified atom stereocenters. The van der Waals surface area contributed by atoms with Crippen LogP contribution < -0.4 is 5.32 Å². The minimum absolute atomic E-state index is 0.485. The molecule has 18 heavy (non-hydrogen) atoms. The summed E-state index contributed by atoms with van der Waals surface area (Å²) in [6.45, 7) is 1.17. The number of rotatable bonds is 0. The summed E-state index contributed by atoms with van der Waals surface area (Å²) < 4.78 is 0. The Kier molecular flexibility index (Phi) is 2.61. The van der Waals surface area contributed by atoms with Crippen LogP contribution in [-0.4, -0.2) is 18.4 Å². The molecule has 1 aliphatic heterocycles. The Bertz CT molecular complexity index is 389. The summed E-state index contributed by atoms with van der Waals surface area (Å²) in [4.78, 5) is 11.6. The van der Waals surface area contributed by atoms with Gasteiger partial charge in [-0.15, -0.1) is 0 Å². The van der Waals surface area contributed by atoms with Crippen LogP contribution in [0.25, 0.3) is 0 Å². The highest BCUT2D eigenvalue weighted by atomic mass is 16.1. The lowest BCUT2D eigenvalue weighted by Crippen LogP contribution is -2.56. The maximum atomic E-state index is 11.6. The van der Waals surface area contributed by atoms with Crippen LogP contribution in [0.4, 0.5) is 0 Å². The summed E-state index contributed by atoms with van der Waals surface area (Å²) >= 11 is 0. The first-order chi connectivity index (χ1) is 8.83. The number of nitrogens with one attached hydrogen (secondary N) is 1. The average molecular weight is 245 g/mol. The van der Waals surface area contributed by atoms with Crippen molar-refractivity contribution < 1.29 is 4.79 Å². The summed E-state index contributed by atoms with van der Waals surface area (Å²) in [6.07, 6.45) is 11.8. The fourth-order valence-corrected chi connectivity index (χ4v) is 5.33. The number of allylic oxidation sites excluding steroid dienone is 2. The molecule has 4 rings (SSSR count). The van der Waals surface area contributed by atoms with Crippen molar-refractivity contribution in [2.24, 2.45) is 29.6 Å². The van der Waals surface area contributed by atoms with E-state index >= 15 is 0 Å². The minimum atomic E-state index is 0.485. The molecule has 2 nitrogen and oxygen atoms in total. The third kappa shape index (κ3) is 1.61. The zero-order chi connectivity index (χ0) is 12.1. The van der Waals surface area contributed by atoms with Gasteiger partial charge >= 0.3 is 0 Å². The largest absolute Gasteiger partial charge is 0.313 e. The van der Waals surface area contributed by atoms with Crippen molar-refractivity contribution in [3.05, 3.63) is 12.2 Å². The first-order valence-corrected chi connectivity index (χ1v) is 7.74. The van der Waals surface area contributed by atoms with Crippen LogP contribution in [0.2, 0.25) is 0 Å². The van der Waals surface area contributed by atoms with Gasteiger partial charge in [0, 0.05) is 18.9 Å². The highest BCUT2D eigenvalue weighted by molar-refractivity contribution is 5.80. The van der Waals surface area contributed by atoms with E-state index in [1.165, 1.54) is 25.8 Å². The number of fused-ring (bicyclic) bond motifs is 5. The quantitative estimate of drug-likeness (QED) is 0.665. The maximum Gasteiger partial charge on any atom is 0.134 e. The van der Waals surface area contributed by atoms with Gasteiger partial charge in [0.05, 0.1) is 0 Å². The Hall–Kier alpha value is -0.630. The van der Waals surface area contributed by atoms with Gasteiger partial charge < -0.3 is 5.32 Å². The summed E-state index contributed by atoms with van der Waals surface area (Å²) in [5.41, 5.74) is 0. The molecule has 98 valence electrons. The fraction of sp³-hybridized carbons (Fsp3) is 0.812. The molecular formula is C16H23NO. The second kappa shape index (κ2) is 4.19. The van der Waals surface area contributed by atoms with Gasteiger partial charge in [-0.05, 0) is 61.8 Å². The lowest BCUT2D eigenvalue weighted by Gasteiger charge is -2.51. The molecule has 0 bridgehead atoms. The Labute approximate surface area is 109 Å². The summed E-state index contributed by atoms with van der Waals surface area (Å²) in [5, 5.41) is 3.71. The van der Waals surface area contributed by atoms with E-state index in [4.69, 9.17) is 0 Å². The van der Waals surface area contributed by atoms with Crippen LogP contribution in [0.15, 0.2) is 12.2 Å². The molecule has 1 heterocycles. The number of carbonyl (C=O) groups excluding carboxylic acids is 1. The molecule has 1 saturated heterocycles. The van der Waals surface area contributed by atoms with E-state index in [2.05, 4.69) is 17.5 Å². The Morgan fingerprint density at radius 2 is 2.00 bits per heavy atom. The zero-order valence-corrected chi connectivity index (χ0v) is 11.0. The Morgan fingerprint density at radius 3 is 2.94 bits per heavy atom. The van der Waals surface area contributed by atoms with E-state index in [1.54, 1.807) is 0 Å². The van der Waals surface area contributed by atoms with Gasteiger partial charge in [-0.2, -0.15) is 0 Å². The van der Waals surface area contributed by atoms with Crippen LogP contribution >= 0.6 is 0 Å². The van der Waals surface area contributed by atoms with Crippen LogP contribution in [0.1, 0.15) is 38.5 Å². The van der Waals surface area contributed by atoms with Crippen molar-refractivity contribution in [3.63, 3.8) is 0 Å². The summed E-state index contributed by atoms with van der Waals surface area (Å²) in [6, 6.07) is 0.512. The number of ketones is 1. The third-order valence-electron chi connectivity index (χ3n) is 6.16. The molecule has 0 aromatic heterocycles. The molecule has 4 aliphatic rings. The number of piperidine rings is 1. The van der Waals surface area contributed by atoms with Crippen LogP contribution in [0.3, 0.4) is 0 Å². The first kappa shape index (κ1) is 11.2. The van der Waals surface area contributed by atoms with Crippen molar-refractivity contribution in [2.45, 2.75) is 44.6 Å². The second-order valence-electron chi connectivity index (χ2n) is 6.86. The first-order valence-electron chi connectivity index (χ1n) is 7.74. The van der Waals surface area contributed by atoms with E-state index in [0.717, 1.165) is 48.9 Å². The minimum Gasteiger partial charge on any atom is -0.313 e. The molecule has 2 saturated carbocycles. The predicted octanol–water partition coefficient (Wildman–Crippen LogP) is 2.55. The zero-order valence-electron chi connectivity index (χ0n) is 11.0. The lowest BCUT2D eigenvalue weighted by molar-refractivity contribution is -0.124. The second-order valence-corrected chi connectivity index (χ2v) is 6.86. The molecular weight excluding hydrogens is 222 g/mol. The molecule has 0 aromatic rings. The molecule has 0 spiro atoms. The van der Waals surface area contributed by atoms with Gasteiger partial charge in [0.25, 0.3) is 0 Å². The third-order valence-corrected chi connectivity index (χ3v) is 6.16. The molecule has 2 heteroatoms. The predicted molar refractivity (Wildman–Crippen MR) is 71.1 cm³/mol. The van der Waals surface area contributed by atoms with E-state index in [0.29, 0.717) is 11.8 Å². The van der Waals surface area contributed by atoms with Crippen molar-refractivity contribution in [3.8, 4) is 0 Å². The van der Waals surface area contributed by atoms with E-state index in [9.17, 15) is 4.79 Å². The molecule has 0 radical (unpaired) electrons. The van der Waals surface area contributed by atoms with Gasteiger partial charge in [0.1, 0.15) is 5.78 Å². The summed E-state index contributed by atoms with van der Waals surface area (Å²) in [7, 11) is 0. The number of carbonyl (C=O) groups is 1. The molecule has 0 aromatic carbocycles. The molecule has 3 fully saturated rings. The number of Topliss-reactive ketones (excluding diaryl/α,β-unsaturated/α-hetero) is 1. The van der Waals surface area contributed by atoms with Gasteiger partial charge in [0.2, 0.25) is 0 Å². The van der Waals surface area contributed by atoms with Crippen molar-refractivity contribution in [2.75, 3.05) is 6.54 Å². The fourth-order valence-electron chi connectivity index (χ4n) is 5.33. The van der Waals surface area contributed by atoms with E-state index in [-0.39, 0.29) is 0 Å². The van der Waals surface area contributed by atoms with Crippen LogP contribution in [0.5, 0.6) is 0 Å². The van der Waals surface area contributed by atoms with Crippen molar-refractivity contribution >= 4 is 5.78 Å². The molecule has 1 N–H and O–H groups in total. The van der Waals surface area contributed by atoms with Gasteiger partial charge in [0.15, 0.2) is 0 Å². The Balaban J connectivity index is 1.56. The van der Waals surface area contributed by atoms with Crippen molar-refractivity contribution in [1.29, 1.82) is 0 Å². The van der Waals surface area contributed by atoms with Crippen LogP contribution in [-0.2, 0) is 4.79 Å². The number of hydrogen-bond acceptors (Lipinski definition) is 2. The number of hydrogen-bond donors (Lipinski definition) is 1. The van der Waals surface area contributed by atoms with E-state index < -0.39 is 0 Å². The Morgan fingerprint density at radius 1 is 1.06 bits per heavy atom. The monoisotopic (exact) mass is 245 g/mol. The SMILES string of the molecule is O=C1CCC2C(C1)NCC1C3CC=CC3CCC21. The molecule has 6 atom stereocenters. The molecule has 0 amide bonds. The van der Waals surface area contributed by atoms with Gasteiger partial charge in [-0.1, -0.05) is 12.2 Å². The van der Waals surface area contributed by atoms with E-state index in [1.807, 2.05) is 0 Å². The summed E-state index contributed by atoms with van der Waals surface area (Å²) in [5.74, 6) is 4.85. The smallest absolute Gasteiger partial charge is 0.134 e.